The highest BCUT2D eigenvalue weighted by Gasteiger charge is 2.17. The van der Waals surface area contributed by atoms with E-state index in [0.29, 0.717) is 5.56 Å². The number of hydrogen-bond donors (Lipinski definition) is 1. The highest BCUT2D eigenvalue weighted by atomic mass is 32.2. The van der Waals surface area contributed by atoms with Crippen LogP contribution in [0.5, 0.6) is 0 Å². The topological polar surface area (TPSA) is 88.5 Å². The predicted octanol–water partition coefficient (Wildman–Crippen LogP) is 2.14. The quantitative estimate of drug-likeness (QED) is 0.693. The Hall–Kier alpha value is -2.31. The molecule has 0 radical (unpaired) electrons. The second-order valence-electron chi connectivity index (χ2n) is 4.04. The van der Waals surface area contributed by atoms with E-state index in [1.165, 1.54) is 0 Å². The first-order chi connectivity index (χ1) is 9.93. The fraction of sp³-hybridized carbons (Fsp3) is 0.0667. The molecule has 0 aromatic heterocycles. The zero-order valence-electron chi connectivity index (χ0n) is 11.0. The third-order valence-corrected chi connectivity index (χ3v) is 3.13. The van der Waals surface area contributed by atoms with Crippen molar-refractivity contribution in [3.05, 3.63) is 71.8 Å². The molecule has 0 unspecified atom stereocenters. The van der Waals surface area contributed by atoms with Crippen LogP contribution < -0.4 is 0 Å². The highest BCUT2D eigenvalue weighted by Crippen LogP contribution is 2.02. The van der Waals surface area contributed by atoms with E-state index in [1.807, 2.05) is 18.2 Å². The zero-order chi connectivity index (χ0) is 15.7. The van der Waals surface area contributed by atoms with Gasteiger partial charge in [-0.1, -0.05) is 60.7 Å². The van der Waals surface area contributed by atoms with Gasteiger partial charge in [-0.25, -0.2) is 0 Å². The van der Waals surface area contributed by atoms with Crippen LogP contribution in [0.1, 0.15) is 15.9 Å². The van der Waals surface area contributed by atoms with Gasteiger partial charge in [0, 0.05) is 12.0 Å². The Morgan fingerprint density at radius 1 is 0.952 bits per heavy atom. The van der Waals surface area contributed by atoms with E-state index in [9.17, 15) is 18.0 Å². The maximum Gasteiger partial charge on any atom is 0.329 e. The fourth-order valence-corrected chi connectivity index (χ4v) is 1.73. The minimum atomic E-state index is -4.54. The largest absolute Gasteiger partial charge is 0.329 e. The molecule has 0 amide bonds. The van der Waals surface area contributed by atoms with Crippen LogP contribution in [0.2, 0.25) is 0 Å². The van der Waals surface area contributed by atoms with Crippen LogP contribution >= 0.6 is 0 Å². The molecule has 6 heteroatoms. The summed E-state index contributed by atoms with van der Waals surface area (Å²) in [4.78, 5) is 20.8. The zero-order valence-corrected chi connectivity index (χ0v) is 11.9. The van der Waals surface area contributed by atoms with Gasteiger partial charge in [-0.05, 0) is 5.56 Å². The van der Waals surface area contributed by atoms with Gasteiger partial charge in [0.25, 0.3) is 5.12 Å². The van der Waals surface area contributed by atoms with Crippen LogP contribution in [0.25, 0.3) is 0 Å². The summed E-state index contributed by atoms with van der Waals surface area (Å²) in [6.45, 7) is 0. The van der Waals surface area contributed by atoms with Crippen LogP contribution in [0.15, 0.2) is 60.7 Å². The molecule has 2 rings (SSSR count). The van der Waals surface area contributed by atoms with Crippen molar-refractivity contribution < 1.29 is 22.6 Å². The van der Waals surface area contributed by atoms with Crippen molar-refractivity contribution in [1.29, 1.82) is 0 Å². The van der Waals surface area contributed by atoms with E-state index in [4.69, 9.17) is 4.55 Å². The van der Waals surface area contributed by atoms with Gasteiger partial charge >= 0.3 is 10.1 Å². The van der Waals surface area contributed by atoms with E-state index in [0.717, 1.165) is 11.8 Å². The average molecular weight is 306 g/mol. The Kier molecular flexibility index (Phi) is 6.45. The molecular weight excluding hydrogens is 292 g/mol. The number of carbonyl (C=O) groups excluding carboxylic acids is 2. The van der Waals surface area contributed by atoms with Crippen LogP contribution in [-0.4, -0.2) is 24.4 Å². The number of rotatable bonds is 3. The van der Waals surface area contributed by atoms with Gasteiger partial charge in [-0.2, -0.15) is 8.42 Å². The Morgan fingerprint density at radius 2 is 1.43 bits per heavy atom. The Morgan fingerprint density at radius 3 is 1.81 bits per heavy atom. The van der Waals surface area contributed by atoms with Gasteiger partial charge in [-0.15, -0.1) is 0 Å². The van der Waals surface area contributed by atoms with Crippen LogP contribution in [0.4, 0.5) is 0 Å². The minimum Gasteiger partial charge on any atom is -0.298 e. The lowest BCUT2D eigenvalue weighted by Crippen LogP contribution is -2.15. The molecule has 0 aliphatic rings. The van der Waals surface area contributed by atoms with Gasteiger partial charge in [0.15, 0.2) is 0 Å². The average Bonchev–Trinajstić information content (AvgIpc) is 2.49. The Bertz CT molecular complexity index is 679. The van der Waals surface area contributed by atoms with Crippen LogP contribution in [-0.2, 0) is 21.3 Å². The summed E-state index contributed by atoms with van der Waals surface area (Å²) < 4.78 is 29.1. The minimum absolute atomic E-state index is 0.292. The number of aldehydes is 1. The van der Waals surface area contributed by atoms with Crippen molar-refractivity contribution in [3.63, 3.8) is 0 Å². The van der Waals surface area contributed by atoms with Gasteiger partial charge in [0.1, 0.15) is 6.29 Å². The summed E-state index contributed by atoms with van der Waals surface area (Å²) in [5.41, 5.74) is 1.29. The molecule has 0 heterocycles. The summed E-state index contributed by atoms with van der Waals surface area (Å²) >= 11 is 0. The van der Waals surface area contributed by atoms with E-state index >= 15 is 0 Å². The Labute approximate surface area is 123 Å². The third-order valence-electron chi connectivity index (χ3n) is 2.41. The van der Waals surface area contributed by atoms with Crippen LogP contribution in [0.3, 0.4) is 0 Å². The van der Waals surface area contributed by atoms with Crippen molar-refractivity contribution in [3.8, 4) is 0 Å². The van der Waals surface area contributed by atoms with Gasteiger partial charge in [0.05, 0.1) is 0 Å². The van der Waals surface area contributed by atoms with E-state index in [1.54, 1.807) is 42.5 Å². The lowest BCUT2D eigenvalue weighted by atomic mass is 10.2. The normalized spacial score (nSPS) is 10.1. The summed E-state index contributed by atoms with van der Waals surface area (Å²) in [6.07, 6.45) is 0.541. The monoisotopic (exact) mass is 306 g/mol. The molecule has 0 aliphatic carbocycles. The van der Waals surface area contributed by atoms with Crippen molar-refractivity contribution in [2.75, 3.05) is 0 Å². The number of carbonyl (C=O) groups is 2. The van der Waals surface area contributed by atoms with E-state index in [-0.39, 0.29) is 6.42 Å². The molecule has 110 valence electrons. The van der Waals surface area contributed by atoms with Crippen molar-refractivity contribution in [1.82, 2.24) is 0 Å². The molecule has 0 spiro atoms. The molecule has 1 N–H and O–H groups in total. The van der Waals surface area contributed by atoms with Gasteiger partial charge < -0.3 is 0 Å². The SMILES string of the molecule is O=C(Cc1ccccc1)S(=O)(=O)O.O=Cc1ccccc1. The van der Waals surface area contributed by atoms with Crippen LogP contribution in [0, 0.1) is 0 Å². The lowest BCUT2D eigenvalue weighted by Gasteiger charge is -1.96. The highest BCUT2D eigenvalue weighted by molar-refractivity contribution is 8.01. The molecule has 21 heavy (non-hydrogen) atoms. The molecule has 0 saturated carbocycles. The van der Waals surface area contributed by atoms with Crippen molar-refractivity contribution in [2.45, 2.75) is 6.42 Å². The maximum atomic E-state index is 10.8. The van der Waals surface area contributed by atoms with Crippen molar-refractivity contribution >= 4 is 21.5 Å². The van der Waals surface area contributed by atoms with Crippen molar-refractivity contribution in [2.24, 2.45) is 0 Å². The number of benzene rings is 2. The third kappa shape index (κ3) is 6.60. The fourth-order valence-electron chi connectivity index (χ4n) is 1.39. The van der Waals surface area contributed by atoms with E-state index in [2.05, 4.69) is 0 Å². The summed E-state index contributed by atoms with van der Waals surface area (Å²) in [5.74, 6) is 0. The predicted molar refractivity (Wildman–Crippen MR) is 78.5 cm³/mol. The summed E-state index contributed by atoms with van der Waals surface area (Å²) in [5, 5.41) is -1.18. The summed E-state index contributed by atoms with van der Waals surface area (Å²) in [6, 6.07) is 17.5. The molecule has 0 aliphatic heterocycles. The number of hydrogen-bond acceptors (Lipinski definition) is 4. The lowest BCUT2D eigenvalue weighted by molar-refractivity contribution is -0.111. The first kappa shape index (κ1) is 16.7. The molecule has 0 fully saturated rings. The standard InChI is InChI=1S/C8H8O4S.C7H6O/c9-8(13(10,11)12)6-7-4-2-1-3-5-7;8-6-7-4-2-1-3-5-7/h1-5H,6H2,(H,10,11,12);1-6H. The molecule has 0 bridgehead atoms. The first-order valence-electron chi connectivity index (χ1n) is 5.98. The second kappa shape index (κ2) is 8.08. The van der Waals surface area contributed by atoms with E-state index < -0.39 is 15.2 Å². The summed E-state index contributed by atoms with van der Waals surface area (Å²) in [7, 11) is -4.54. The first-order valence-corrected chi connectivity index (χ1v) is 7.42. The molecular formula is C15H14O5S. The molecule has 5 nitrogen and oxygen atoms in total. The Balaban J connectivity index is 0.000000235. The second-order valence-corrected chi connectivity index (χ2v) is 5.44. The van der Waals surface area contributed by atoms with Gasteiger partial charge in [0.2, 0.25) is 0 Å². The molecule has 0 saturated heterocycles. The molecule has 2 aromatic carbocycles. The maximum absolute atomic E-state index is 10.8. The molecule has 0 atom stereocenters. The smallest absolute Gasteiger partial charge is 0.298 e. The molecule has 2 aromatic rings. The van der Waals surface area contributed by atoms with Gasteiger partial charge in [-0.3, -0.25) is 14.1 Å².